The average molecular weight is 448 g/mol. The molecule has 1 amide bonds. The topological polar surface area (TPSA) is 78.6 Å². The van der Waals surface area contributed by atoms with Crippen LogP contribution >= 0.6 is 0 Å². The number of hydrogen-bond acceptors (Lipinski definition) is 5. The highest BCUT2D eigenvalue weighted by Crippen LogP contribution is 2.74. The molecule has 6 nitrogen and oxygen atoms in total. The lowest BCUT2D eigenvalue weighted by molar-refractivity contribution is -0.227. The summed E-state index contributed by atoms with van der Waals surface area (Å²) in [5, 5.41) is 14.6. The Balaban J connectivity index is 1.11. The molecule has 168 valence electrons. The van der Waals surface area contributed by atoms with Gasteiger partial charge in [-0.3, -0.25) is 4.79 Å². The van der Waals surface area contributed by atoms with Gasteiger partial charge in [-0.1, -0.05) is 0 Å². The van der Waals surface area contributed by atoms with Crippen LogP contribution in [0.5, 0.6) is 5.88 Å². The zero-order chi connectivity index (χ0) is 22.8. The Labute approximate surface area is 189 Å². The Morgan fingerprint density at radius 3 is 2.55 bits per heavy atom. The molecule has 1 unspecified atom stereocenters. The molecule has 33 heavy (non-hydrogen) atoms. The minimum atomic E-state index is -0.523. The van der Waals surface area contributed by atoms with Crippen molar-refractivity contribution < 1.29 is 18.3 Å². The zero-order valence-corrected chi connectivity index (χ0v) is 17.9. The summed E-state index contributed by atoms with van der Waals surface area (Å²) in [7, 11) is 0. The van der Waals surface area contributed by atoms with Gasteiger partial charge in [-0.25, -0.2) is 18.8 Å². The van der Waals surface area contributed by atoms with Crippen LogP contribution in [0.15, 0.2) is 35.6 Å². The zero-order valence-electron chi connectivity index (χ0n) is 17.9. The van der Waals surface area contributed by atoms with E-state index < -0.39 is 23.1 Å². The number of carbonyl (C=O) groups is 1. The van der Waals surface area contributed by atoms with Gasteiger partial charge in [-0.15, -0.1) is 0 Å². The maximum atomic E-state index is 14.6. The van der Waals surface area contributed by atoms with E-state index in [1.165, 1.54) is 23.3 Å². The number of halogens is 2. The first-order valence-electron chi connectivity index (χ1n) is 11.3. The summed E-state index contributed by atoms with van der Waals surface area (Å²) >= 11 is 0. The Bertz CT molecular complexity index is 1170. The molecule has 0 N–H and O–H groups in total. The second-order valence-corrected chi connectivity index (χ2v) is 9.97. The van der Waals surface area contributed by atoms with Crippen LogP contribution in [0.2, 0.25) is 0 Å². The van der Waals surface area contributed by atoms with Crippen molar-refractivity contribution in [3.8, 4) is 11.9 Å². The third kappa shape index (κ3) is 3.21. The molecule has 1 atom stereocenters. The molecule has 8 heteroatoms. The average Bonchev–Trinajstić information content (AvgIpc) is 3.45. The summed E-state index contributed by atoms with van der Waals surface area (Å²) in [6.07, 6.45) is 7.32. The second-order valence-electron chi connectivity index (χ2n) is 9.97. The van der Waals surface area contributed by atoms with Crippen LogP contribution in [0.4, 0.5) is 8.78 Å². The molecule has 0 spiro atoms. The summed E-state index contributed by atoms with van der Waals surface area (Å²) in [4.78, 5) is 17.5. The maximum Gasteiger partial charge on any atom is 0.249 e. The largest absolute Gasteiger partial charge is 0.477 e. The standard InChI is InChI=1S/C25H22F2N4O2/c26-18-7-17(8-19(27)22(18)16-2-3-16)20-5-6-30-31(20)23(32)25-11-24(12-25,13-25)14-33-21-4-1-15(9-28)10-29-21/h1,4,6-8,10,16,20H,2-3,5,11-14H2. The van der Waals surface area contributed by atoms with E-state index in [4.69, 9.17) is 10.00 Å². The molecule has 2 bridgehead atoms. The normalized spacial score (nSPS) is 29.2. The first-order chi connectivity index (χ1) is 15.9. The van der Waals surface area contributed by atoms with E-state index in [-0.39, 0.29) is 22.8 Å². The van der Waals surface area contributed by atoms with E-state index in [1.807, 2.05) is 6.07 Å². The lowest BCUT2D eigenvalue weighted by atomic mass is 9.35. The van der Waals surface area contributed by atoms with Crippen molar-refractivity contribution >= 4 is 12.1 Å². The fourth-order valence-corrected chi connectivity index (χ4v) is 5.82. The van der Waals surface area contributed by atoms with Gasteiger partial charge in [0, 0.05) is 35.9 Å². The Kier molecular flexibility index (Phi) is 4.35. The number of hydrazone groups is 1. The number of amides is 1. The number of pyridine rings is 1. The molecule has 2 heterocycles. The first-order valence-corrected chi connectivity index (χ1v) is 11.3. The number of aromatic nitrogens is 1. The van der Waals surface area contributed by atoms with Gasteiger partial charge in [0.05, 0.1) is 23.6 Å². The molecule has 4 saturated carbocycles. The lowest BCUT2D eigenvalue weighted by Crippen LogP contribution is -2.69. The number of nitrogens with zero attached hydrogens (tertiary/aromatic N) is 4. The molecule has 4 aliphatic carbocycles. The molecule has 4 fully saturated rings. The van der Waals surface area contributed by atoms with E-state index in [0.717, 1.165) is 12.8 Å². The Hall–Kier alpha value is -3.34. The second kappa shape index (κ2) is 7.08. The smallest absolute Gasteiger partial charge is 0.249 e. The summed E-state index contributed by atoms with van der Waals surface area (Å²) in [5.74, 6) is -0.682. The third-order valence-corrected chi connectivity index (χ3v) is 7.50. The molecule has 2 aromatic rings. The van der Waals surface area contributed by atoms with Crippen LogP contribution in [-0.2, 0) is 4.79 Å². The monoisotopic (exact) mass is 448 g/mol. The minimum Gasteiger partial charge on any atom is -0.477 e. The van der Waals surface area contributed by atoms with Crippen molar-refractivity contribution in [3.63, 3.8) is 0 Å². The number of hydrogen-bond donors (Lipinski definition) is 0. The van der Waals surface area contributed by atoms with E-state index in [2.05, 4.69) is 10.1 Å². The van der Waals surface area contributed by atoms with Gasteiger partial charge in [0.2, 0.25) is 11.8 Å². The fourth-order valence-electron chi connectivity index (χ4n) is 5.82. The van der Waals surface area contributed by atoms with Gasteiger partial charge in [-0.2, -0.15) is 10.4 Å². The van der Waals surface area contributed by atoms with Crippen molar-refractivity contribution in [2.24, 2.45) is 15.9 Å². The van der Waals surface area contributed by atoms with Gasteiger partial charge in [-0.05, 0) is 61.8 Å². The number of benzene rings is 1. The van der Waals surface area contributed by atoms with Crippen LogP contribution in [0.25, 0.3) is 0 Å². The molecular formula is C25H22F2N4O2. The molecule has 1 aliphatic heterocycles. The molecule has 7 rings (SSSR count). The maximum absolute atomic E-state index is 14.6. The number of nitriles is 1. The molecule has 1 aromatic carbocycles. The van der Waals surface area contributed by atoms with Crippen molar-refractivity contribution in [2.75, 3.05) is 6.61 Å². The van der Waals surface area contributed by atoms with Crippen molar-refractivity contribution in [3.05, 3.63) is 58.8 Å². The van der Waals surface area contributed by atoms with Crippen LogP contribution in [-0.4, -0.2) is 28.7 Å². The SMILES string of the molecule is N#Cc1ccc(OCC23CC(C(=O)N4N=CCC4c4cc(F)c(C5CC5)c(F)c4)(C2)C3)nc1. The van der Waals surface area contributed by atoms with E-state index in [9.17, 15) is 13.6 Å². The highest BCUT2D eigenvalue weighted by Gasteiger charge is 2.73. The summed E-state index contributed by atoms with van der Waals surface area (Å²) in [5.41, 5.74) is 0.589. The van der Waals surface area contributed by atoms with E-state index in [1.54, 1.807) is 18.3 Å². The predicted molar refractivity (Wildman–Crippen MR) is 114 cm³/mol. The predicted octanol–water partition coefficient (Wildman–Crippen LogP) is 4.62. The van der Waals surface area contributed by atoms with Gasteiger partial charge in [0.1, 0.15) is 17.7 Å². The van der Waals surface area contributed by atoms with Gasteiger partial charge in [0.15, 0.2) is 0 Å². The highest BCUT2D eigenvalue weighted by molar-refractivity contribution is 5.88. The summed E-state index contributed by atoms with van der Waals surface area (Å²) in [6.45, 7) is 0.465. The number of rotatable bonds is 6. The quantitative estimate of drug-likeness (QED) is 0.646. The van der Waals surface area contributed by atoms with Gasteiger partial charge < -0.3 is 4.74 Å². The number of carbonyl (C=O) groups excluding carboxylic acids is 1. The van der Waals surface area contributed by atoms with Crippen molar-refractivity contribution in [1.82, 2.24) is 9.99 Å². The van der Waals surface area contributed by atoms with Gasteiger partial charge in [0.25, 0.3) is 0 Å². The first kappa shape index (κ1) is 20.3. The summed E-state index contributed by atoms with van der Waals surface area (Å²) < 4.78 is 35.0. The highest BCUT2D eigenvalue weighted by atomic mass is 19.1. The fraction of sp³-hybridized carbons (Fsp3) is 0.440. The molecule has 1 aromatic heterocycles. The molecule has 0 saturated heterocycles. The van der Waals surface area contributed by atoms with Crippen molar-refractivity contribution in [1.29, 1.82) is 5.26 Å². The Morgan fingerprint density at radius 2 is 1.94 bits per heavy atom. The Morgan fingerprint density at radius 1 is 1.21 bits per heavy atom. The molecular weight excluding hydrogens is 426 g/mol. The summed E-state index contributed by atoms with van der Waals surface area (Å²) in [6, 6.07) is 7.62. The number of ether oxygens (including phenoxy) is 1. The molecule has 5 aliphatic rings. The van der Waals surface area contributed by atoms with E-state index >= 15 is 0 Å². The van der Waals surface area contributed by atoms with Crippen LogP contribution in [0.3, 0.4) is 0 Å². The molecule has 0 radical (unpaired) electrons. The van der Waals surface area contributed by atoms with Gasteiger partial charge >= 0.3 is 0 Å². The van der Waals surface area contributed by atoms with Crippen LogP contribution < -0.4 is 4.74 Å². The van der Waals surface area contributed by atoms with Crippen molar-refractivity contribution in [2.45, 2.75) is 50.5 Å². The van der Waals surface area contributed by atoms with Crippen LogP contribution in [0.1, 0.15) is 67.2 Å². The minimum absolute atomic E-state index is 0.0183. The lowest BCUT2D eigenvalue weighted by Gasteiger charge is -2.69. The van der Waals surface area contributed by atoms with Crippen LogP contribution in [0, 0.1) is 33.8 Å². The van der Waals surface area contributed by atoms with E-state index in [0.29, 0.717) is 49.3 Å². The third-order valence-electron chi connectivity index (χ3n) is 7.50.